The summed E-state index contributed by atoms with van der Waals surface area (Å²) in [5.74, 6) is -1.45. The lowest BCUT2D eigenvalue weighted by atomic mass is 9.93. The fraction of sp³-hybridized carbons (Fsp3) is 0.320. The number of benzene rings is 2. The number of nitrogens with zero attached hydrogens (tertiary/aromatic N) is 1. The van der Waals surface area contributed by atoms with Crippen molar-refractivity contribution in [3.63, 3.8) is 0 Å². The van der Waals surface area contributed by atoms with E-state index in [4.69, 9.17) is 14.9 Å². The number of carbonyl (C=O) groups is 2. The number of fused-ring (bicyclic) bond motifs is 1. The molecule has 4 rings (SSSR count). The van der Waals surface area contributed by atoms with Crippen LogP contribution in [0.4, 0.5) is 0 Å². The summed E-state index contributed by atoms with van der Waals surface area (Å²) in [6.07, 6.45) is 1.66. The Morgan fingerprint density at radius 2 is 1.84 bits per heavy atom. The number of hydrogen-bond acceptors (Lipinski definition) is 5. The predicted molar refractivity (Wildman–Crippen MR) is 121 cm³/mol. The van der Waals surface area contributed by atoms with Crippen LogP contribution in [0.2, 0.25) is 0 Å². The smallest absolute Gasteiger partial charge is 0.251 e. The number of aryl methyl sites for hydroxylation is 1. The molecule has 1 aromatic heterocycles. The molecule has 0 saturated carbocycles. The molecule has 0 spiro atoms. The van der Waals surface area contributed by atoms with Gasteiger partial charge in [0.25, 0.3) is 11.8 Å². The van der Waals surface area contributed by atoms with Gasteiger partial charge in [0.15, 0.2) is 0 Å². The third-order valence-corrected chi connectivity index (χ3v) is 6.11. The van der Waals surface area contributed by atoms with E-state index < -0.39 is 17.9 Å². The Morgan fingerprint density at radius 1 is 1.09 bits per heavy atom. The highest BCUT2D eigenvalue weighted by Gasteiger charge is 2.35. The lowest BCUT2D eigenvalue weighted by Crippen LogP contribution is -2.45. The molecule has 166 valence electrons. The van der Waals surface area contributed by atoms with E-state index in [0.29, 0.717) is 5.56 Å². The predicted octanol–water partition coefficient (Wildman–Crippen LogP) is 2.95. The maximum atomic E-state index is 12.7. The van der Waals surface area contributed by atoms with Crippen molar-refractivity contribution in [1.29, 1.82) is 0 Å². The van der Waals surface area contributed by atoms with Gasteiger partial charge in [-0.3, -0.25) is 19.8 Å². The second-order valence-corrected chi connectivity index (χ2v) is 8.10. The first-order valence-electron chi connectivity index (χ1n) is 10.8. The molecule has 2 atom stereocenters. The average molecular weight is 434 g/mol. The molecule has 1 aliphatic rings. The summed E-state index contributed by atoms with van der Waals surface area (Å²) >= 11 is 0. The normalized spacial score (nSPS) is 18.0. The van der Waals surface area contributed by atoms with Gasteiger partial charge in [-0.05, 0) is 54.7 Å². The van der Waals surface area contributed by atoms with Crippen LogP contribution in [0.25, 0.3) is 10.9 Å². The van der Waals surface area contributed by atoms with Crippen LogP contribution < -0.4 is 10.8 Å². The van der Waals surface area contributed by atoms with Crippen LogP contribution in [-0.4, -0.2) is 41.3 Å². The van der Waals surface area contributed by atoms with Gasteiger partial charge in [-0.1, -0.05) is 37.3 Å². The molecule has 3 N–H and O–H groups in total. The van der Waals surface area contributed by atoms with Crippen LogP contribution in [0.15, 0.2) is 48.5 Å². The molecule has 0 unspecified atom stereocenters. The van der Waals surface area contributed by atoms with E-state index in [2.05, 4.69) is 25.2 Å². The largest absolute Gasteiger partial charge is 0.378 e. The first-order chi connectivity index (χ1) is 15.5. The van der Waals surface area contributed by atoms with Gasteiger partial charge in [0.2, 0.25) is 0 Å². The fourth-order valence-electron chi connectivity index (χ4n) is 4.39. The molecule has 2 aromatic carbocycles. The minimum Gasteiger partial charge on any atom is -0.378 e. The number of ether oxygens (including phenoxy) is 1. The topological polar surface area (TPSA) is 101 Å². The number of rotatable bonds is 6. The second-order valence-electron chi connectivity index (χ2n) is 8.10. The maximum absolute atomic E-state index is 12.7. The molecule has 3 aromatic rings. The minimum atomic E-state index is -0.612. The second kappa shape index (κ2) is 9.46. The Labute approximate surface area is 186 Å². The standard InChI is InChI=1S/C25H27N3O4/c1-3-18-15(2)26-22-7-5-4-6-19(22)20(18)12-16-8-10-17(11-9-16)24(29)27-23-14-32-13-21(23)25(30)28-31/h4-11,21,23,31H,3,12-14H2,1-2H3,(H,27,29)(H,28,30)/t21-,23+/m0/s1. The van der Waals surface area contributed by atoms with Crippen LogP contribution in [-0.2, 0) is 22.4 Å². The third kappa shape index (κ3) is 4.35. The van der Waals surface area contributed by atoms with Crippen molar-refractivity contribution in [2.75, 3.05) is 13.2 Å². The molecule has 0 radical (unpaired) electrons. The summed E-state index contributed by atoms with van der Waals surface area (Å²) < 4.78 is 5.29. The first kappa shape index (κ1) is 21.9. The number of amides is 2. The molecule has 1 fully saturated rings. The Morgan fingerprint density at radius 3 is 2.56 bits per heavy atom. The zero-order chi connectivity index (χ0) is 22.7. The van der Waals surface area contributed by atoms with Gasteiger partial charge < -0.3 is 10.1 Å². The SMILES string of the molecule is CCc1c(C)nc2ccccc2c1Cc1ccc(C(=O)N[C@@H]2COC[C@@H]2C(=O)NO)cc1. The van der Waals surface area contributed by atoms with Crippen LogP contribution in [0.5, 0.6) is 0 Å². The van der Waals surface area contributed by atoms with Crippen LogP contribution in [0.3, 0.4) is 0 Å². The number of para-hydroxylation sites is 1. The van der Waals surface area contributed by atoms with Crippen LogP contribution in [0, 0.1) is 12.8 Å². The van der Waals surface area contributed by atoms with Crippen LogP contribution in [0.1, 0.15) is 39.7 Å². The highest BCUT2D eigenvalue weighted by molar-refractivity contribution is 5.95. The molecule has 1 aliphatic heterocycles. The minimum absolute atomic E-state index is 0.162. The van der Waals surface area contributed by atoms with Gasteiger partial charge in [-0.25, -0.2) is 5.48 Å². The number of hydroxylamine groups is 1. The first-order valence-corrected chi connectivity index (χ1v) is 10.8. The summed E-state index contributed by atoms with van der Waals surface area (Å²) in [6.45, 7) is 4.59. The number of pyridine rings is 1. The van der Waals surface area contributed by atoms with Crippen molar-refractivity contribution in [1.82, 2.24) is 15.8 Å². The van der Waals surface area contributed by atoms with E-state index in [1.54, 1.807) is 17.6 Å². The molecule has 32 heavy (non-hydrogen) atoms. The van der Waals surface area contributed by atoms with Crippen molar-refractivity contribution in [2.24, 2.45) is 5.92 Å². The summed E-state index contributed by atoms with van der Waals surface area (Å²) in [4.78, 5) is 29.2. The lowest BCUT2D eigenvalue weighted by molar-refractivity contribution is -0.133. The highest BCUT2D eigenvalue weighted by Crippen LogP contribution is 2.26. The van der Waals surface area contributed by atoms with Gasteiger partial charge in [0.1, 0.15) is 0 Å². The Kier molecular flexibility index (Phi) is 6.48. The number of nitrogens with one attached hydrogen (secondary N) is 2. The van der Waals surface area contributed by atoms with Crippen molar-refractivity contribution >= 4 is 22.7 Å². The van der Waals surface area contributed by atoms with E-state index in [1.165, 1.54) is 11.1 Å². The van der Waals surface area contributed by atoms with Crippen molar-refractivity contribution in [3.8, 4) is 0 Å². The summed E-state index contributed by atoms with van der Waals surface area (Å²) in [7, 11) is 0. The molecule has 2 heterocycles. The number of hydrogen-bond donors (Lipinski definition) is 3. The summed E-state index contributed by atoms with van der Waals surface area (Å²) in [5.41, 5.74) is 7.83. The monoisotopic (exact) mass is 433 g/mol. The molecule has 7 nitrogen and oxygen atoms in total. The van der Waals surface area contributed by atoms with Crippen LogP contribution >= 0.6 is 0 Å². The Bertz CT molecular complexity index is 1140. The molecular formula is C25H27N3O4. The Balaban J connectivity index is 1.53. The third-order valence-electron chi connectivity index (χ3n) is 6.11. The maximum Gasteiger partial charge on any atom is 0.251 e. The molecule has 0 aliphatic carbocycles. The molecule has 7 heteroatoms. The van der Waals surface area contributed by atoms with Crippen molar-refractivity contribution < 1.29 is 19.5 Å². The summed E-state index contributed by atoms with van der Waals surface area (Å²) in [6, 6.07) is 15.2. The van der Waals surface area contributed by atoms with Gasteiger partial charge in [0, 0.05) is 16.6 Å². The summed E-state index contributed by atoms with van der Waals surface area (Å²) in [5, 5.41) is 12.9. The number of carbonyl (C=O) groups excluding carboxylic acids is 2. The fourth-order valence-corrected chi connectivity index (χ4v) is 4.39. The zero-order valence-corrected chi connectivity index (χ0v) is 18.2. The van der Waals surface area contributed by atoms with E-state index in [1.807, 2.05) is 30.3 Å². The number of aromatic nitrogens is 1. The molecule has 0 bridgehead atoms. The van der Waals surface area contributed by atoms with E-state index in [9.17, 15) is 9.59 Å². The van der Waals surface area contributed by atoms with Crippen molar-refractivity contribution in [3.05, 3.63) is 76.5 Å². The van der Waals surface area contributed by atoms with E-state index in [0.717, 1.165) is 35.0 Å². The molecule has 2 amide bonds. The quantitative estimate of drug-likeness (QED) is 0.410. The van der Waals surface area contributed by atoms with Gasteiger partial charge in [-0.15, -0.1) is 0 Å². The molecule has 1 saturated heterocycles. The Hall–Kier alpha value is -3.29. The van der Waals surface area contributed by atoms with Crippen molar-refractivity contribution in [2.45, 2.75) is 32.7 Å². The van der Waals surface area contributed by atoms with Gasteiger partial charge in [-0.2, -0.15) is 0 Å². The lowest BCUT2D eigenvalue weighted by Gasteiger charge is -2.17. The van der Waals surface area contributed by atoms with Gasteiger partial charge >= 0.3 is 0 Å². The van der Waals surface area contributed by atoms with Gasteiger partial charge in [0.05, 0.1) is 30.7 Å². The average Bonchev–Trinajstić information content (AvgIpc) is 3.27. The highest BCUT2D eigenvalue weighted by atomic mass is 16.5. The zero-order valence-electron chi connectivity index (χ0n) is 18.2. The van der Waals surface area contributed by atoms with E-state index >= 15 is 0 Å². The van der Waals surface area contributed by atoms with E-state index in [-0.39, 0.29) is 19.1 Å². The molecular weight excluding hydrogens is 406 g/mol.